The van der Waals surface area contributed by atoms with Gasteiger partial charge in [0.1, 0.15) is 0 Å². The maximum absolute atomic E-state index is 11.7. The van der Waals surface area contributed by atoms with E-state index in [1.165, 1.54) is 6.42 Å². The van der Waals surface area contributed by atoms with Gasteiger partial charge in [0.25, 0.3) is 0 Å². The number of hydrogen-bond donors (Lipinski definition) is 2. The Kier molecular flexibility index (Phi) is 7.23. The molecular weight excluding hydrogens is 232 g/mol. The molecule has 1 aliphatic rings. The quantitative estimate of drug-likeness (QED) is 0.632. The number of carbonyl (C=O) groups is 1. The normalized spacial score (nSPS) is 18.6. The lowest BCUT2D eigenvalue weighted by molar-refractivity contribution is -0.122. The van der Waals surface area contributed by atoms with Crippen molar-refractivity contribution in [1.82, 2.24) is 5.32 Å². The average molecular weight is 258 g/mol. The Bertz CT molecular complexity index is 240. The molecule has 1 saturated carbocycles. The highest BCUT2D eigenvalue weighted by Crippen LogP contribution is 2.28. The molecule has 5 nitrogen and oxygen atoms in total. The van der Waals surface area contributed by atoms with E-state index in [-0.39, 0.29) is 11.4 Å². The summed E-state index contributed by atoms with van der Waals surface area (Å²) < 4.78 is 10.1. The number of ether oxygens (including phenoxy) is 2. The molecule has 0 aliphatic heterocycles. The monoisotopic (exact) mass is 258 g/mol. The van der Waals surface area contributed by atoms with Gasteiger partial charge in [0, 0.05) is 25.6 Å². The fourth-order valence-corrected chi connectivity index (χ4v) is 2.32. The minimum Gasteiger partial charge on any atom is -0.382 e. The molecule has 0 aromatic heterocycles. The summed E-state index contributed by atoms with van der Waals surface area (Å²) in [7, 11) is 1.63. The number of rotatable bonds is 8. The van der Waals surface area contributed by atoms with E-state index in [2.05, 4.69) is 5.32 Å². The van der Waals surface area contributed by atoms with E-state index in [1.807, 2.05) is 0 Å². The average Bonchev–Trinajstić information content (AvgIpc) is 2.34. The number of methoxy groups -OCH3 is 1. The van der Waals surface area contributed by atoms with Gasteiger partial charge in [-0.25, -0.2) is 0 Å². The predicted molar refractivity (Wildman–Crippen MR) is 70.3 cm³/mol. The lowest BCUT2D eigenvalue weighted by atomic mass is 9.80. The van der Waals surface area contributed by atoms with Crippen LogP contribution in [-0.2, 0) is 14.3 Å². The van der Waals surface area contributed by atoms with Crippen LogP contribution in [-0.4, -0.2) is 44.9 Å². The van der Waals surface area contributed by atoms with Crippen molar-refractivity contribution in [2.45, 2.75) is 44.1 Å². The van der Waals surface area contributed by atoms with Crippen LogP contribution < -0.4 is 11.1 Å². The third kappa shape index (κ3) is 6.33. The second-order valence-corrected chi connectivity index (χ2v) is 5.05. The molecule has 3 N–H and O–H groups in total. The van der Waals surface area contributed by atoms with Gasteiger partial charge in [-0.1, -0.05) is 19.3 Å². The fraction of sp³-hybridized carbons (Fsp3) is 0.923. The molecule has 0 atom stereocenters. The fourth-order valence-electron chi connectivity index (χ4n) is 2.32. The molecule has 0 heterocycles. The molecule has 0 aromatic carbocycles. The molecule has 0 saturated heterocycles. The molecule has 0 bridgehead atoms. The second kappa shape index (κ2) is 8.45. The highest BCUT2D eigenvalue weighted by molar-refractivity contribution is 5.77. The van der Waals surface area contributed by atoms with E-state index >= 15 is 0 Å². The standard InChI is InChI=1S/C13H26N2O3/c1-17-9-10-18-8-7-15-12(16)11-13(14)5-3-2-4-6-13/h2-11,14H2,1H3,(H,15,16). The molecule has 5 heteroatoms. The van der Waals surface area contributed by atoms with Crippen LogP contribution in [0.5, 0.6) is 0 Å². The zero-order valence-corrected chi connectivity index (χ0v) is 11.4. The van der Waals surface area contributed by atoms with E-state index in [1.54, 1.807) is 7.11 Å². The summed E-state index contributed by atoms with van der Waals surface area (Å²) >= 11 is 0. The van der Waals surface area contributed by atoms with Crippen LogP contribution in [0, 0.1) is 0 Å². The largest absolute Gasteiger partial charge is 0.382 e. The van der Waals surface area contributed by atoms with Gasteiger partial charge in [0.2, 0.25) is 5.91 Å². The van der Waals surface area contributed by atoms with Gasteiger partial charge in [-0.3, -0.25) is 4.79 Å². The van der Waals surface area contributed by atoms with Crippen LogP contribution in [0.4, 0.5) is 0 Å². The summed E-state index contributed by atoms with van der Waals surface area (Å²) in [6.07, 6.45) is 5.89. The Labute approximate surface area is 109 Å². The van der Waals surface area contributed by atoms with Crippen LogP contribution in [0.3, 0.4) is 0 Å². The second-order valence-electron chi connectivity index (χ2n) is 5.05. The minimum atomic E-state index is -0.279. The predicted octanol–water partition coefficient (Wildman–Crippen LogP) is 0.817. The van der Waals surface area contributed by atoms with E-state index in [4.69, 9.17) is 15.2 Å². The van der Waals surface area contributed by atoms with Gasteiger partial charge in [-0.2, -0.15) is 0 Å². The Morgan fingerprint density at radius 3 is 2.61 bits per heavy atom. The molecule has 1 rings (SSSR count). The number of nitrogens with one attached hydrogen (secondary N) is 1. The lowest BCUT2D eigenvalue weighted by Gasteiger charge is -2.32. The number of nitrogens with two attached hydrogens (primary N) is 1. The Morgan fingerprint density at radius 1 is 1.22 bits per heavy atom. The Morgan fingerprint density at radius 2 is 1.94 bits per heavy atom. The molecule has 0 unspecified atom stereocenters. The van der Waals surface area contributed by atoms with Crippen LogP contribution in [0.15, 0.2) is 0 Å². The van der Waals surface area contributed by atoms with Gasteiger partial charge >= 0.3 is 0 Å². The van der Waals surface area contributed by atoms with Crippen LogP contribution in [0.25, 0.3) is 0 Å². The first-order valence-electron chi connectivity index (χ1n) is 6.78. The van der Waals surface area contributed by atoms with Crippen molar-refractivity contribution >= 4 is 5.91 Å². The Hall–Kier alpha value is -0.650. The maximum atomic E-state index is 11.7. The van der Waals surface area contributed by atoms with Crippen molar-refractivity contribution in [2.24, 2.45) is 5.73 Å². The molecule has 106 valence electrons. The number of hydrogen-bond acceptors (Lipinski definition) is 4. The molecule has 1 fully saturated rings. The molecule has 0 radical (unpaired) electrons. The number of carbonyl (C=O) groups excluding carboxylic acids is 1. The zero-order chi connectivity index (χ0) is 13.3. The van der Waals surface area contributed by atoms with Gasteiger partial charge < -0.3 is 20.5 Å². The molecule has 0 spiro atoms. The summed E-state index contributed by atoms with van der Waals surface area (Å²) in [5, 5.41) is 2.85. The van der Waals surface area contributed by atoms with Gasteiger partial charge in [-0.05, 0) is 12.8 Å². The van der Waals surface area contributed by atoms with Crippen molar-refractivity contribution < 1.29 is 14.3 Å². The molecule has 18 heavy (non-hydrogen) atoms. The summed E-state index contributed by atoms with van der Waals surface area (Å²) in [6, 6.07) is 0. The summed E-state index contributed by atoms with van der Waals surface area (Å²) in [5.41, 5.74) is 5.94. The highest BCUT2D eigenvalue weighted by Gasteiger charge is 2.29. The van der Waals surface area contributed by atoms with Crippen molar-refractivity contribution in [1.29, 1.82) is 0 Å². The maximum Gasteiger partial charge on any atom is 0.221 e. The Balaban J connectivity index is 2.06. The first kappa shape index (κ1) is 15.4. The molecular formula is C13H26N2O3. The third-order valence-corrected chi connectivity index (χ3v) is 3.36. The van der Waals surface area contributed by atoms with Crippen molar-refractivity contribution in [3.63, 3.8) is 0 Å². The number of amides is 1. The van der Waals surface area contributed by atoms with Gasteiger partial charge in [0.15, 0.2) is 0 Å². The van der Waals surface area contributed by atoms with Crippen LogP contribution in [0.2, 0.25) is 0 Å². The van der Waals surface area contributed by atoms with E-state index in [9.17, 15) is 4.79 Å². The van der Waals surface area contributed by atoms with E-state index in [0.717, 1.165) is 25.7 Å². The van der Waals surface area contributed by atoms with E-state index in [0.29, 0.717) is 32.8 Å². The van der Waals surface area contributed by atoms with Crippen LogP contribution in [0.1, 0.15) is 38.5 Å². The first-order chi connectivity index (χ1) is 8.66. The molecule has 1 aliphatic carbocycles. The van der Waals surface area contributed by atoms with Gasteiger partial charge in [-0.15, -0.1) is 0 Å². The summed E-state index contributed by atoms with van der Waals surface area (Å²) in [4.78, 5) is 11.7. The molecule has 0 aromatic rings. The first-order valence-corrected chi connectivity index (χ1v) is 6.78. The summed E-state index contributed by atoms with van der Waals surface area (Å²) in [5.74, 6) is 0.0368. The summed E-state index contributed by atoms with van der Waals surface area (Å²) in [6.45, 7) is 2.21. The minimum absolute atomic E-state index is 0.0368. The van der Waals surface area contributed by atoms with Crippen molar-refractivity contribution in [3.8, 4) is 0 Å². The van der Waals surface area contributed by atoms with Crippen LogP contribution >= 0.6 is 0 Å². The molecule has 1 amide bonds. The SMILES string of the molecule is COCCOCCNC(=O)CC1(N)CCCCC1. The topological polar surface area (TPSA) is 73.6 Å². The van der Waals surface area contributed by atoms with Crippen molar-refractivity contribution in [3.05, 3.63) is 0 Å². The third-order valence-electron chi connectivity index (χ3n) is 3.36. The lowest BCUT2D eigenvalue weighted by Crippen LogP contribution is -2.46. The zero-order valence-electron chi connectivity index (χ0n) is 11.4. The smallest absolute Gasteiger partial charge is 0.221 e. The van der Waals surface area contributed by atoms with E-state index < -0.39 is 0 Å². The van der Waals surface area contributed by atoms with Crippen molar-refractivity contribution in [2.75, 3.05) is 33.5 Å². The highest BCUT2D eigenvalue weighted by atomic mass is 16.5. The van der Waals surface area contributed by atoms with Gasteiger partial charge in [0.05, 0.1) is 19.8 Å².